The molecule has 294 valence electrons. The number of esters is 5. The Bertz CT molecular complexity index is 2000. The third-order valence-electron chi connectivity index (χ3n) is 9.13. The van der Waals surface area contributed by atoms with Gasteiger partial charge in [0.1, 0.15) is 22.8 Å². The number of hydrogen-bond acceptors (Lipinski definition) is 19. The molecular formula is C36H36O19. The molecule has 2 aliphatic carbocycles. The fraction of sp³-hybridized carbons (Fsp3) is 0.444. The van der Waals surface area contributed by atoms with Gasteiger partial charge in [-0.1, -0.05) is 12.1 Å². The Morgan fingerprint density at radius 3 is 1.98 bits per heavy atom. The highest BCUT2D eigenvalue weighted by Crippen LogP contribution is 2.53. The number of carbonyl (C=O) groups is 8. The molecule has 1 fully saturated rings. The maximum atomic E-state index is 14.0. The minimum atomic E-state index is -2.60. The number of methoxy groups -OCH3 is 2. The van der Waals surface area contributed by atoms with E-state index in [1.165, 1.54) is 25.3 Å². The summed E-state index contributed by atoms with van der Waals surface area (Å²) in [5.74, 6) is -10.0. The summed E-state index contributed by atoms with van der Waals surface area (Å²) in [6, 6.07) is 4.10. The third kappa shape index (κ3) is 7.45. The van der Waals surface area contributed by atoms with Gasteiger partial charge in [0.2, 0.25) is 17.9 Å². The molecule has 0 unspecified atom stereocenters. The summed E-state index contributed by atoms with van der Waals surface area (Å²) in [5.41, 5.74) is -5.31. The highest BCUT2D eigenvalue weighted by atomic mass is 16.7. The van der Waals surface area contributed by atoms with Gasteiger partial charge in [-0.3, -0.25) is 33.6 Å². The van der Waals surface area contributed by atoms with Gasteiger partial charge < -0.3 is 53.2 Å². The molecule has 1 aliphatic heterocycles. The van der Waals surface area contributed by atoms with Crippen LogP contribution in [0.3, 0.4) is 0 Å². The van der Waals surface area contributed by atoms with Crippen LogP contribution in [0.5, 0.6) is 17.2 Å². The molecule has 5 rings (SSSR count). The predicted octanol–water partition coefficient (Wildman–Crippen LogP) is 0.442. The summed E-state index contributed by atoms with van der Waals surface area (Å²) in [7, 11) is 2.19. The molecule has 7 atom stereocenters. The van der Waals surface area contributed by atoms with Crippen LogP contribution in [0.15, 0.2) is 18.2 Å². The SMILES string of the molecule is COC(=O)[C@H]1O[C@@H](O[C@H]2C[C@](O)(C(=O)COC(C)=O)Cc3c(O)c4c(c(O)c32)C(=O)c2c(OC)cccc2C4=O)[C@H](OC(C)=O)[C@@H](OC(C)=O)[C@@H]1OC(C)=O. The van der Waals surface area contributed by atoms with Gasteiger partial charge in [-0.15, -0.1) is 0 Å². The van der Waals surface area contributed by atoms with E-state index in [-0.39, 0.29) is 16.9 Å². The van der Waals surface area contributed by atoms with Gasteiger partial charge in [0.15, 0.2) is 36.8 Å². The Kier molecular flexibility index (Phi) is 11.3. The van der Waals surface area contributed by atoms with Gasteiger partial charge in [-0.25, -0.2) is 4.79 Å². The van der Waals surface area contributed by atoms with Crippen molar-refractivity contribution in [3.63, 3.8) is 0 Å². The first-order valence-corrected chi connectivity index (χ1v) is 16.5. The normalized spacial score (nSPS) is 25.3. The molecule has 0 radical (unpaired) electrons. The number of aromatic hydroxyl groups is 2. The standard InChI is InChI=1S/C36H36O19/c1-13(37)50-12-21(41)36(47)10-18-23(29(45)25-24(27(18)43)26(42)17-8-7-9-19(48-5)22(17)28(25)44)20(11-36)54-35-33(53-16(4)40)31(52-15(3)39)30(51-14(2)38)32(55-35)34(46)49-6/h7-9,20,30-33,35,43,45,47H,10-12H2,1-6H3/t20-,30-,31-,32-,33+,35+,36-/m0/s1. The van der Waals surface area contributed by atoms with Crippen LogP contribution >= 0.6 is 0 Å². The zero-order valence-electron chi connectivity index (χ0n) is 30.2. The van der Waals surface area contributed by atoms with Crippen LogP contribution < -0.4 is 4.74 Å². The quantitative estimate of drug-likeness (QED) is 0.143. The fourth-order valence-electron chi connectivity index (χ4n) is 6.90. The molecule has 55 heavy (non-hydrogen) atoms. The molecule has 0 spiro atoms. The van der Waals surface area contributed by atoms with Gasteiger partial charge in [0, 0.05) is 57.2 Å². The summed E-state index contributed by atoms with van der Waals surface area (Å²) in [6.07, 6.45) is -13.1. The van der Waals surface area contributed by atoms with Gasteiger partial charge >= 0.3 is 29.8 Å². The molecule has 19 heteroatoms. The molecule has 2 aromatic rings. The summed E-state index contributed by atoms with van der Waals surface area (Å²) in [6.45, 7) is 2.89. The smallest absolute Gasteiger partial charge is 0.339 e. The van der Waals surface area contributed by atoms with Crippen LogP contribution in [0.2, 0.25) is 0 Å². The lowest BCUT2D eigenvalue weighted by Crippen LogP contribution is -2.64. The average Bonchev–Trinajstić information content (AvgIpc) is 3.11. The lowest BCUT2D eigenvalue weighted by molar-refractivity contribution is -0.314. The number of aliphatic hydroxyl groups is 1. The highest BCUT2D eigenvalue weighted by molar-refractivity contribution is 6.31. The Labute approximate surface area is 311 Å². The van der Waals surface area contributed by atoms with Crippen LogP contribution in [-0.2, 0) is 68.3 Å². The summed E-state index contributed by atoms with van der Waals surface area (Å²) in [5, 5.41) is 35.5. The van der Waals surface area contributed by atoms with Crippen molar-refractivity contribution < 1.29 is 91.6 Å². The average molecular weight is 773 g/mol. The Morgan fingerprint density at radius 1 is 0.800 bits per heavy atom. The number of carbonyl (C=O) groups excluding carboxylic acids is 8. The number of phenols is 2. The number of fused-ring (bicyclic) bond motifs is 3. The predicted molar refractivity (Wildman–Crippen MR) is 176 cm³/mol. The first-order valence-electron chi connectivity index (χ1n) is 16.5. The first kappa shape index (κ1) is 40.3. The lowest BCUT2D eigenvalue weighted by Gasteiger charge is -2.45. The Balaban J connectivity index is 1.73. The summed E-state index contributed by atoms with van der Waals surface area (Å²) >= 11 is 0. The van der Waals surface area contributed by atoms with Crippen molar-refractivity contribution in [1.82, 2.24) is 0 Å². The number of phenolic OH excluding ortho intramolecular Hbond substituents is 2. The molecule has 3 aliphatic rings. The summed E-state index contributed by atoms with van der Waals surface area (Å²) < 4.78 is 42.9. The van der Waals surface area contributed by atoms with Crippen LogP contribution in [0.1, 0.15) is 83.2 Å². The van der Waals surface area contributed by atoms with Crippen molar-refractivity contribution in [2.45, 2.75) is 82.9 Å². The second-order valence-electron chi connectivity index (χ2n) is 12.8. The molecular weight excluding hydrogens is 736 g/mol. The number of Topliss-reactive ketones (excluding diaryl/α,β-unsaturated/α-hetero) is 1. The zero-order chi connectivity index (χ0) is 40.7. The molecule has 0 amide bonds. The van der Waals surface area contributed by atoms with Crippen molar-refractivity contribution in [1.29, 1.82) is 0 Å². The maximum Gasteiger partial charge on any atom is 0.339 e. The van der Waals surface area contributed by atoms with E-state index in [0.717, 1.165) is 34.8 Å². The first-order chi connectivity index (χ1) is 25.8. The van der Waals surface area contributed by atoms with Gasteiger partial charge in [0.05, 0.1) is 37.0 Å². The summed E-state index contributed by atoms with van der Waals surface area (Å²) in [4.78, 5) is 103. The monoisotopic (exact) mass is 772 g/mol. The van der Waals surface area contributed by atoms with Crippen LogP contribution in [-0.4, -0.2) is 120 Å². The van der Waals surface area contributed by atoms with Gasteiger partial charge in [-0.05, 0) is 6.07 Å². The maximum absolute atomic E-state index is 14.0. The molecule has 0 bridgehead atoms. The second-order valence-corrected chi connectivity index (χ2v) is 12.8. The molecule has 19 nitrogen and oxygen atoms in total. The minimum absolute atomic E-state index is 0.0381. The lowest BCUT2D eigenvalue weighted by atomic mass is 9.72. The third-order valence-corrected chi connectivity index (χ3v) is 9.13. The number of benzene rings is 2. The van der Waals surface area contributed by atoms with Crippen molar-refractivity contribution in [3.8, 4) is 17.2 Å². The molecule has 0 aromatic heterocycles. The van der Waals surface area contributed by atoms with E-state index in [0.29, 0.717) is 0 Å². The largest absolute Gasteiger partial charge is 0.507 e. The highest BCUT2D eigenvalue weighted by Gasteiger charge is 2.57. The fourth-order valence-corrected chi connectivity index (χ4v) is 6.90. The van der Waals surface area contributed by atoms with E-state index in [2.05, 4.69) is 0 Å². The minimum Gasteiger partial charge on any atom is -0.507 e. The van der Waals surface area contributed by atoms with E-state index < -0.39 is 143 Å². The van der Waals surface area contributed by atoms with E-state index in [4.69, 9.17) is 37.9 Å². The molecule has 3 N–H and O–H groups in total. The van der Waals surface area contributed by atoms with Crippen LogP contribution in [0.4, 0.5) is 0 Å². The Morgan fingerprint density at radius 2 is 1.40 bits per heavy atom. The van der Waals surface area contributed by atoms with E-state index in [9.17, 15) is 53.7 Å². The topological polar surface area (TPSA) is 271 Å². The van der Waals surface area contributed by atoms with Crippen LogP contribution in [0, 0.1) is 0 Å². The van der Waals surface area contributed by atoms with Crippen molar-refractivity contribution in [3.05, 3.63) is 51.6 Å². The van der Waals surface area contributed by atoms with E-state index >= 15 is 0 Å². The number of hydrogen-bond donors (Lipinski definition) is 3. The molecule has 1 saturated heterocycles. The van der Waals surface area contributed by atoms with E-state index in [1.54, 1.807) is 0 Å². The van der Waals surface area contributed by atoms with Gasteiger partial charge in [-0.2, -0.15) is 0 Å². The number of rotatable bonds is 10. The molecule has 2 aromatic carbocycles. The van der Waals surface area contributed by atoms with Crippen molar-refractivity contribution in [2.24, 2.45) is 0 Å². The zero-order valence-corrected chi connectivity index (χ0v) is 30.2. The number of ketones is 3. The molecule has 0 saturated carbocycles. The van der Waals surface area contributed by atoms with Gasteiger partial charge in [0.25, 0.3) is 0 Å². The van der Waals surface area contributed by atoms with Crippen LogP contribution in [0.25, 0.3) is 0 Å². The van der Waals surface area contributed by atoms with E-state index in [1.807, 2.05) is 0 Å². The molecule has 1 heterocycles. The second kappa shape index (κ2) is 15.4. The number of ether oxygens (including phenoxy) is 8. The van der Waals surface area contributed by atoms with Crippen molar-refractivity contribution in [2.75, 3.05) is 20.8 Å². The Hall–Kier alpha value is -5.92. The van der Waals surface area contributed by atoms with Crippen molar-refractivity contribution >= 4 is 47.2 Å².